The lowest BCUT2D eigenvalue weighted by Crippen LogP contribution is -2.35. The summed E-state index contributed by atoms with van der Waals surface area (Å²) < 4.78 is 11.8. The van der Waals surface area contributed by atoms with Crippen LogP contribution in [0.4, 0.5) is 11.4 Å². The van der Waals surface area contributed by atoms with Crippen molar-refractivity contribution in [2.24, 2.45) is 0 Å². The Morgan fingerprint density at radius 1 is 1.06 bits per heavy atom. The van der Waals surface area contributed by atoms with Crippen LogP contribution in [0.5, 0.6) is 5.75 Å². The lowest BCUT2D eigenvalue weighted by atomic mass is 10.0. The van der Waals surface area contributed by atoms with E-state index in [1.54, 1.807) is 30.6 Å². The zero-order valence-corrected chi connectivity index (χ0v) is 20.4. The van der Waals surface area contributed by atoms with Crippen LogP contribution in [0.1, 0.15) is 5.56 Å². The number of benzene rings is 2. The molecule has 1 fully saturated rings. The third kappa shape index (κ3) is 4.81. The zero-order valence-electron chi connectivity index (χ0n) is 18.1. The van der Waals surface area contributed by atoms with Crippen molar-refractivity contribution in [3.63, 3.8) is 0 Å². The summed E-state index contributed by atoms with van der Waals surface area (Å²) in [5.41, 5.74) is 6.21. The van der Waals surface area contributed by atoms with Gasteiger partial charge in [0.25, 0.3) is 0 Å². The first-order chi connectivity index (χ1) is 16.1. The second-order valence-corrected chi connectivity index (χ2v) is 9.56. The molecule has 170 valence electrons. The van der Waals surface area contributed by atoms with Crippen LogP contribution < -0.4 is 10.1 Å². The van der Waals surface area contributed by atoms with Crippen LogP contribution in [0.25, 0.3) is 21.3 Å². The molecule has 0 bridgehead atoms. The minimum Gasteiger partial charge on any atom is -0.495 e. The highest BCUT2D eigenvalue weighted by Crippen LogP contribution is 2.40. The van der Waals surface area contributed by atoms with E-state index in [2.05, 4.69) is 44.8 Å². The van der Waals surface area contributed by atoms with Crippen molar-refractivity contribution >= 4 is 56.1 Å². The van der Waals surface area contributed by atoms with Crippen molar-refractivity contribution < 1.29 is 9.47 Å². The van der Waals surface area contributed by atoms with Gasteiger partial charge in [0.2, 0.25) is 0 Å². The van der Waals surface area contributed by atoms with E-state index in [-0.39, 0.29) is 0 Å². The number of aromatic nitrogens is 1. The van der Waals surface area contributed by atoms with Crippen LogP contribution in [0, 0.1) is 0 Å². The number of fused-ring (bicyclic) bond motifs is 1. The summed E-state index contributed by atoms with van der Waals surface area (Å²) >= 11 is 14.3. The SMILES string of the molecule is COc1cc(Nc2ccnc3c(-c4ccc(CN5CCOCC5)cc4)csc23)c(Cl)cc1Cl. The molecule has 0 saturated carbocycles. The normalized spacial score (nSPS) is 14.5. The predicted octanol–water partition coefficient (Wildman–Crippen LogP) is 6.85. The summed E-state index contributed by atoms with van der Waals surface area (Å²) in [6.07, 6.45) is 1.81. The Labute approximate surface area is 206 Å². The molecule has 33 heavy (non-hydrogen) atoms. The van der Waals surface area contributed by atoms with Crippen LogP contribution >= 0.6 is 34.5 Å². The third-order valence-corrected chi connectivity index (χ3v) is 7.35. The van der Waals surface area contributed by atoms with Crippen molar-refractivity contribution in [1.82, 2.24) is 9.88 Å². The lowest BCUT2D eigenvalue weighted by Gasteiger charge is -2.26. The van der Waals surface area contributed by atoms with Gasteiger partial charge in [-0.2, -0.15) is 0 Å². The molecule has 0 atom stereocenters. The van der Waals surface area contributed by atoms with Gasteiger partial charge in [-0.05, 0) is 23.3 Å². The maximum absolute atomic E-state index is 6.42. The van der Waals surface area contributed by atoms with Gasteiger partial charge < -0.3 is 14.8 Å². The van der Waals surface area contributed by atoms with E-state index < -0.39 is 0 Å². The number of nitrogens with one attached hydrogen (secondary N) is 1. The maximum atomic E-state index is 6.42. The molecule has 3 heterocycles. The molecular weight excluding hydrogens is 477 g/mol. The van der Waals surface area contributed by atoms with Gasteiger partial charge in [0.05, 0.1) is 52.0 Å². The molecule has 1 aliphatic rings. The van der Waals surface area contributed by atoms with Crippen molar-refractivity contribution in [2.75, 3.05) is 38.7 Å². The number of hydrogen-bond acceptors (Lipinski definition) is 6. The van der Waals surface area contributed by atoms with Crippen molar-refractivity contribution in [3.8, 4) is 16.9 Å². The Hall–Kier alpha value is -2.35. The van der Waals surface area contributed by atoms with Gasteiger partial charge in [0.1, 0.15) is 5.75 Å². The summed E-state index contributed by atoms with van der Waals surface area (Å²) in [6.45, 7) is 4.55. The van der Waals surface area contributed by atoms with Crippen LogP contribution in [0.15, 0.2) is 54.0 Å². The Balaban J connectivity index is 1.41. The summed E-state index contributed by atoms with van der Waals surface area (Å²) in [5.74, 6) is 0.568. The Kier molecular flexibility index (Phi) is 6.71. The Morgan fingerprint density at radius 2 is 1.85 bits per heavy atom. The van der Waals surface area contributed by atoms with E-state index in [9.17, 15) is 0 Å². The van der Waals surface area contributed by atoms with E-state index in [1.165, 1.54) is 5.56 Å². The lowest BCUT2D eigenvalue weighted by molar-refractivity contribution is 0.0342. The van der Waals surface area contributed by atoms with Gasteiger partial charge in [-0.25, -0.2) is 0 Å². The van der Waals surface area contributed by atoms with E-state index in [4.69, 9.17) is 32.7 Å². The first-order valence-electron chi connectivity index (χ1n) is 10.7. The Morgan fingerprint density at radius 3 is 2.61 bits per heavy atom. The standard InChI is InChI=1S/C25H23Cl2N3O2S/c1-31-23-13-22(19(26)12-20(23)27)29-21-6-7-28-24-18(15-33-25(21)24)17-4-2-16(3-5-17)14-30-8-10-32-11-9-30/h2-7,12-13,15H,8-11,14H2,1H3,(H,28,29). The molecule has 0 amide bonds. The van der Waals surface area contributed by atoms with Crippen molar-refractivity contribution in [3.05, 3.63) is 69.7 Å². The number of rotatable bonds is 6. The maximum Gasteiger partial charge on any atom is 0.139 e. The second-order valence-electron chi connectivity index (χ2n) is 7.86. The van der Waals surface area contributed by atoms with Gasteiger partial charge in [-0.3, -0.25) is 9.88 Å². The fourth-order valence-electron chi connectivity index (χ4n) is 3.97. The van der Waals surface area contributed by atoms with Gasteiger partial charge >= 0.3 is 0 Å². The number of morpholine rings is 1. The molecule has 5 rings (SSSR count). The van der Waals surface area contributed by atoms with Gasteiger partial charge in [-0.1, -0.05) is 47.5 Å². The molecule has 4 aromatic rings. The summed E-state index contributed by atoms with van der Waals surface area (Å²) in [5, 5.41) is 6.58. The summed E-state index contributed by atoms with van der Waals surface area (Å²) in [6, 6.07) is 14.2. The summed E-state index contributed by atoms with van der Waals surface area (Å²) in [4.78, 5) is 7.10. The molecule has 0 aliphatic carbocycles. The fourth-order valence-corrected chi connectivity index (χ4v) is 5.48. The van der Waals surface area contributed by atoms with E-state index >= 15 is 0 Å². The van der Waals surface area contributed by atoms with Crippen LogP contribution in [0.3, 0.4) is 0 Å². The highest BCUT2D eigenvalue weighted by atomic mass is 35.5. The van der Waals surface area contributed by atoms with Crippen molar-refractivity contribution in [2.45, 2.75) is 6.54 Å². The molecular formula is C25H23Cl2N3O2S. The zero-order chi connectivity index (χ0) is 22.8. The topological polar surface area (TPSA) is 46.6 Å². The third-order valence-electron chi connectivity index (χ3n) is 5.74. The molecule has 0 unspecified atom stereocenters. The number of hydrogen-bond donors (Lipinski definition) is 1. The first kappa shape index (κ1) is 22.4. The van der Waals surface area contributed by atoms with E-state index in [0.29, 0.717) is 15.8 Å². The average molecular weight is 500 g/mol. The van der Waals surface area contributed by atoms with Gasteiger partial charge in [0.15, 0.2) is 0 Å². The molecule has 2 aromatic heterocycles. The fraction of sp³-hybridized carbons (Fsp3) is 0.240. The van der Waals surface area contributed by atoms with Crippen LogP contribution in [-0.2, 0) is 11.3 Å². The molecule has 2 aromatic carbocycles. The number of pyridine rings is 1. The minimum absolute atomic E-state index is 0.475. The number of methoxy groups -OCH3 is 1. The highest BCUT2D eigenvalue weighted by Gasteiger charge is 2.15. The van der Waals surface area contributed by atoms with Crippen molar-refractivity contribution in [1.29, 1.82) is 0 Å². The second kappa shape index (κ2) is 9.87. The van der Waals surface area contributed by atoms with Crippen LogP contribution in [-0.4, -0.2) is 43.3 Å². The molecule has 1 N–H and O–H groups in total. The molecule has 8 heteroatoms. The van der Waals surface area contributed by atoms with E-state index in [1.807, 2.05) is 12.3 Å². The predicted molar refractivity (Wildman–Crippen MR) is 137 cm³/mol. The number of anilines is 2. The molecule has 5 nitrogen and oxygen atoms in total. The summed E-state index contributed by atoms with van der Waals surface area (Å²) in [7, 11) is 1.58. The molecule has 0 spiro atoms. The monoisotopic (exact) mass is 499 g/mol. The molecule has 1 aliphatic heterocycles. The van der Waals surface area contributed by atoms with E-state index in [0.717, 1.165) is 65.6 Å². The molecule has 0 radical (unpaired) electrons. The van der Waals surface area contributed by atoms with Gasteiger partial charge in [0, 0.05) is 42.8 Å². The Bertz CT molecular complexity index is 1270. The largest absolute Gasteiger partial charge is 0.495 e. The first-order valence-corrected chi connectivity index (χ1v) is 12.3. The molecule has 1 saturated heterocycles. The van der Waals surface area contributed by atoms with Gasteiger partial charge in [-0.15, -0.1) is 11.3 Å². The number of thiophene rings is 1. The average Bonchev–Trinajstić information content (AvgIpc) is 3.27. The smallest absolute Gasteiger partial charge is 0.139 e. The number of halogens is 2. The van der Waals surface area contributed by atoms with Crippen LogP contribution in [0.2, 0.25) is 10.0 Å². The quantitative estimate of drug-likeness (QED) is 0.314. The number of ether oxygens (including phenoxy) is 2. The highest BCUT2D eigenvalue weighted by molar-refractivity contribution is 7.18. The minimum atomic E-state index is 0.475. The number of nitrogens with zero attached hydrogens (tertiary/aromatic N) is 2.